The number of carbonyl (C=O) groups is 1. The lowest BCUT2D eigenvalue weighted by atomic mass is 9.79. The van der Waals surface area contributed by atoms with Gasteiger partial charge < -0.3 is 14.9 Å². The maximum atomic E-state index is 13.1. The molecular weight excluding hydrogens is 444 g/mol. The highest BCUT2D eigenvalue weighted by molar-refractivity contribution is 5.90. The Hall–Kier alpha value is -3.42. The molecule has 2 aliphatic rings. The zero-order valence-corrected chi connectivity index (χ0v) is 20.3. The molecule has 0 bridgehead atoms. The van der Waals surface area contributed by atoms with Crippen molar-refractivity contribution in [3.8, 4) is 5.75 Å². The first-order chi connectivity index (χ1) is 16.9. The van der Waals surface area contributed by atoms with Crippen LogP contribution in [0.5, 0.6) is 5.75 Å². The van der Waals surface area contributed by atoms with Gasteiger partial charge >= 0.3 is 5.97 Å². The molecule has 1 fully saturated rings. The summed E-state index contributed by atoms with van der Waals surface area (Å²) in [5.74, 6) is 0.908. The van der Waals surface area contributed by atoms with Crippen LogP contribution in [-0.4, -0.2) is 41.9 Å². The van der Waals surface area contributed by atoms with E-state index < -0.39 is 5.97 Å². The third-order valence-electron chi connectivity index (χ3n) is 7.38. The second-order valence-electron chi connectivity index (χ2n) is 9.81. The van der Waals surface area contributed by atoms with Crippen LogP contribution >= 0.6 is 0 Å². The number of phenols is 1. The number of aryl methyl sites for hydroxylation is 3. The summed E-state index contributed by atoms with van der Waals surface area (Å²) >= 11 is 0. The Labute approximate surface area is 204 Å². The van der Waals surface area contributed by atoms with E-state index in [1.165, 1.54) is 0 Å². The van der Waals surface area contributed by atoms with Crippen LogP contribution in [0.4, 0.5) is 0 Å². The number of carbonyl (C=O) groups excluding carboxylic acids is 1. The van der Waals surface area contributed by atoms with E-state index in [-0.39, 0.29) is 35.7 Å². The summed E-state index contributed by atoms with van der Waals surface area (Å²) in [6.07, 6.45) is 9.65. The molecule has 1 aliphatic carbocycles. The van der Waals surface area contributed by atoms with Gasteiger partial charge in [-0.2, -0.15) is 4.98 Å². The SMILES string of the molecule is CCc1cc(CCC2OC(=O)C(Cc3nc4ncc(C)cn4n3)=C(O)C2C2CCCC2)ccc1O. The third-order valence-corrected chi connectivity index (χ3v) is 7.38. The van der Waals surface area contributed by atoms with Crippen molar-refractivity contribution in [2.45, 2.75) is 71.3 Å². The van der Waals surface area contributed by atoms with Gasteiger partial charge in [0.05, 0.1) is 11.5 Å². The van der Waals surface area contributed by atoms with Crippen molar-refractivity contribution in [1.82, 2.24) is 19.6 Å². The van der Waals surface area contributed by atoms with E-state index in [2.05, 4.69) is 15.1 Å². The van der Waals surface area contributed by atoms with Crippen molar-refractivity contribution in [2.24, 2.45) is 11.8 Å². The Morgan fingerprint density at radius 3 is 2.77 bits per heavy atom. The van der Waals surface area contributed by atoms with E-state index in [4.69, 9.17) is 4.74 Å². The third kappa shape index (κ3) is 4.74. The van der Waals surface area contributed by atoms with Crippen molar-refractivity contribution in [2.75, 3.05) is 0 Å². The molecule has 1 aromatic carbocycles. The highest BCUT2D eigenvalue weighted by Crippen LogP contribution is 2.42. The number of aromatic nitrogens is 4. The summed E-state index contributed by atoms with van der Waals surface area (Å²) in [7, 11) is 0. The number of hydrogen-bond acceptors (Lipinski definition) is 7. The average molecular weight is 477 g/mol. The first kappa shape index (κ1) is 23.3. The molecule has 0 radical (unpaired) electrons. The van der Waals surface area contributed by atoms with Crippen molar-refractivity contribution in [3.63, 3.8) is 0 Å². The zero-order chi connectivity index (χ0) is 24.5. The van der Waals surface area contributed by atoms with Crippen molar-refractivity contribution < 1.29 is 19.7 Å². The molecule has 3 heterocycles. The standard InChI is InChI=1S/C27H32N4O4/c1-3-18-12-17(8-10-21(18)32)9-11-22-24(19-6-4-5-7-19)25(33)20(26(34)35-22)13-23-29-27-28-14-16(2)15-31(27)30-23/h8,10,12,14-15,19,22,24,32-33H,3-7,9,11,13H2,1-2H3. The molecule has 0 saturated heterocycles. The predicted molar refractivity (Wildman–Crippen MR) is 130 cm³/mol. The number of phenolic OH excluding ortho intramolecular Hbond substituents is 1. The first-order valence-electron chi connectivity index (χ1n) is 12.5. The highest BCUT2D eigenvalue weighted by atomic mass is 16.5. The highest BCUT2D eigenvalue weighted by Gasteiger charge is 2.43. The fourth-order valence-corrected chi connectivity index (χ4v) is 5.55. The van der Waals surface area contributed by atoms with E-state index >= 15 is 0 Å². The normalized spacial score (nSPS) is 21.1. The summed E-state index contributed by atoms with van der Waals surface area (Å²) in [6.45, 7) is 3.94. The molecule has 0 amide bonds. The molecule has 8 heteroatoms. The Bertz CT molecular complexity index is 1280. The van der Waals surface area contributed by atoms with E-state index in [0.717, 1.165) is 48.8 Å². The fourth-order valence-electron chi connectivity index (χ4n) is 5.55. The molecule has 35 heavy (non-hydrogen) atoms. The van der Waals surface area contributed by atoms with Gasteiger partial charge in [0.1, 0.15) is 17.6 Å². The molecule has 2 unspecified atom stereocenters. The van der Waals surface area contributed by atoms with Crippen LogP contribution in [-0.2, 0) is 28.8 Å². The lowest BCUT2D eigenvalue weighted by molar-refractivity contribution is -0.152. The van der Waals surface area contributed by atoms with Gasteiger partial charge in [-0.3, -0.25) is 0 Å². The minimum atomic E-state index is -0.496. The van der Waals surface area contributed by atoms with E-state index in [9.17, 15) is 15.0 Å². The number of esters is 1. The number of aliphatic hydroxyl groups is 1. The Balaban J connectivity index is 1.40. The number of benzene rings is 1. The molecule has 2 atom stereocenters. The fraction of sp³-hybridized carbons (Fsp3) is 0.481. The van der Waals surface area contributed by atoms with Gasteiger partial charge in [0.2, 0.25) is 0 Å². The Kier molecular flexibility index (Phi) is 6.45. The van der Waals surface area contributed by atoms with E-state index in [1.807, 2.05) is 32.2 Å². The molecule has 184 valence electrons. The molecule has 1 saturated carbocycles. The van der Waals surface area contributed by atoms with Gasteiger partial charge in [-0.15, -0.1) is 5.10 Å². The molecule has 8 nitrogen and oxygen atoms in total. The summed E-state index contributed by atoms with van der Waals surface area (Å²) in [5, 5.41) is 25.8. The van der Waals surface area contributed by atoms with Crippen molar-refractivity contribution in [3.05, 3.63) is 64.4 Å². The molecule has 0 spiro atoms. The quantitative estimate of drug-likeness (QED) is 0.486. The van der Waals surface area contributed by atoms with Crippen molar-refractivity contribution in [1.29, 1.82) is 0 Å². The monoisotopic (exact) mass is 476 g/mol. The van der Waals surface area contributed by atoms with Gasteiger partial charge in [-0.25, -0.2) is 14.3 Å². The van der Waals surface area contributed by atoms with Gasteiger partial charge in [0, 0.05) is 18.8 Å². The van der Waals surface area contributed by atoms with Gasteiger partial charge in [-0.1, -0.05) is 31.9 Å². The van der Waals surface area contributed by atoms with Crippen LogP contribution in [0.25, 0.3) is 5.78 Å². The van der Waals surface area contributed by atoms with E-state index in [0.29, 0.717) is 30.2 Å². The number of rotatable bonds is 7. The smallest absolute Gasteiger partial charge is 0.338 e. The van der Waals surface area contributed by atoms with Crippen LogP contribution in [0.2, 0.25) is 0 Å². The lowest BCUT2D eigenvalue weighted by Crippen LogP contribution is -2.39. The molecule has 2 N–H and O–H groups in total. The van der Waals surface area contributed by atoms with Crippen LogP contribution in [0, 0.1) is 18.8 Å². The topological polar surface area (TPSA) is 110 Å². The second-order valence-corrected chi connectivity index (χ2v) is 9.81. The zero-order valence-electron chi connectivity index (χ0n) is 20.3. The maximum absolute atomic E-state index is 13.1. The summed E-state index contributed by atoms with van der Waals surface area (Å²) < 4.78 is 7.57. The Morgan fingerprint density at radius 2 is 2.00 bits per heavy atom. The number of cyclic esters (lactones) is 1. The molecule has 5 rings (SSSR count). The maximum Gasteiger partial charge on any atom is 0.338 e. The Morgan fingerprint density at radius 1 is 1.20 bits per heavy atom. The van der Waals surface area contributed by atoms with Crippen LogP contribution in [0.15, 0.2) is 41.9 Å². The predicted octanol–water partition coefficient (Wildman–Crippen LogP) is 4.42. The number of nitrogens with zero attached hydrogens (tertiary/aromatic N) is 4. The van der Waals surface area contributed by atoms with Crippen LogP contribution < -0.4 is 0 Å². The van der Waals surface area contributed by atoms with Gasteiger partial charge in [0.15, 0.2) is 5.82 Å². The van der Waals surface area contributed by atoms with Gasteiger partial charge in [-0.05, 0) is 67.7 Å². The minimum absolute atomic E-state index is 0.112. The van der Waals surface area contributed by atoms with Crippen molar-refractivity contribution >= 4 is 11.7 Å². The molecular formula is C27H32N4O4. The number of fused-ring (bicyclic) bond motifs is 1. The summed E-state index contributed by atoms with van der Waals surface area (Å²) in [4.78, 5) is 21.8. The van der Waals surface area contributed by atoms with Crippen LogP contribution in [0.1, 0.15) is 61.5 Å². The van der Waals surface area contributed by atoms with Crippen LogP contribution in [0.3, 0.4) is 0 Å². The number of hydrogen-bond donors (Lipinski definition) is 2. The molecule has 3 aromatic rings. The molecule has 2 aromatic heterocycles. The second kappa shape index (κ2) is 9.68. The number of aliphatic hydroxyl groups excluding tert-OH is 1. The minimum Gasteiger partial charge on any atom is -0.511 e. The average Bonchev–Trinajstić information content (AvgIpc) is 3.50. The summed E-state index contributed by atoms with van der Waals surface area (Å²) in [6, 6.07) is 5.65. The largest absolute Gasteiger partial charge is 0.511 e. The number of aromatic hydroxyl groups is 1. The van der Waals surface area contributed by atoms with E-state index in [1.54, 1.807) is 16.8 Å². The lowest BCUT2D eigenvalue weighted by Gasteiger charge is -2.35. The first-order valence-corrected chi connectivity index (χ1v) is 12.5. The number of ether oxygens (including phenoxy) is 1. The summed E-state index contributed by atoms with van der Waals surface area (Å²) in [5.41, 5.74) is 3.21. The van der Waals surface area contributed by atoms with Gasteiger partial charge in [0.25, 0.3) is 5.78 Å². The molecule has 1 aliphatic heterocycles.